The predicted molar refractivity (Wildman–Crippen MR) is 44.9 cm³/mol. The highest BCUT2D eigenvalue weighted by Crippen LogP contribution is 2.35. The van der Waals surface area contributed by atoms with E-state index in [0.29, 0.717) is 0 Å². The molecule has 1 aliphatic carbocycles. The molecule has 12 heavy (non-hydrogen) atoms. The number of hydrogen-bond acceptors (Lipinski definition) is 2. The van der Waals surface area contributed by atoms with Gasteiger partial charge in [-0.3, -0.25) is 9.69 Å². The Morgan fingerprint density at radius 2 is 1.92 bits per heavy atom. The van der Waals surface area contributed by atoms with Crippen LogP contribution in [0, 0.1) is 5.92 Å². The van der Waals surface area contributed by atoms with Crippen molar-refractivity contribution in [3.63, 3.8) is 0 Å². The van der Waals surface area contributed by atoms with Gasteiger partial charge < -0.3 is 5.11 Å². The fourth-order valence-electron chi connectivity index (χ4n) is 2.19. The van der Waals surface area contributed by atoms with E-state index in [2.05, 4.69) is 11.9 Å². The van der Waals surface area contributed by atoms with Crippen molar-refractivity contribution in [2.75, 3.05) is 20.1 Å². The number of carboxylic acid groups (broad SMARTS) is 1. The van der Waals surface area contributed by atoms with Gasteiger partial charge in [0, 0.05) is 13.1 Å². The standard InChI is InChI=1S/C9H13NO2/c1-10-4-7-2-6(9(11)12)3-8(7)5-10/h6H,2-5H2,1H3,(H,11,12). The Morgan fingerprint density at radius 3 is 2.33 bits per heavy atom. The number of likely N-dealkylation sites (tertiary alicyclic amines) is 1. The summed E-state index contributed by atoms with van der Waals surface area (Å²) in [6, 6.07) is 0. The summed E-state index contributed by atoms with van der Waals surface area (Å²) in [6.07, 6.45) is 1.57. The fourth-order valence-corrected chi connectivity index (χ4v) is 2.19. The van der Waals surface area contributed by atoms with Crippen molar-refractivity contribution in [3.05, 3.63) is 11.1 Å². The smallest absolute Gasteiger partial charge is 0.307 e. The third-order valence-corrected chi connectivity index (χ3v) is 2.76. The molecule has 0 aromatic carbocycles. The maximum Gasteiger partial charge on any atom is 0.307 e. The quantitative estimate of drug-likeness (QED) is 0.585. The van der Waals surface area contributed by atoms with E-state index in [4.69, 9.17) is 5.11 Å². The van der Waals surface area contributed by atoms with Crippen molar-refractivity contribution in [1.29, 1.82) is 0 Å². The number of carbonyl (C=O) groups is 1. The van der Waals surface area contributed by atoms with Crippen LogP contribution in [0.3, 0.4) is 0 Å². The van der Waals surface area contributed by atoms with Crippen LogP contribution in [-0.4, -0.2) is 36.1 Å². The first-order chi connectivity index (χ1) is 5.66. The lowest BCUT2D eigenvalue weighted by Gasteiger charge is -2.12. The van der Waals surface area contributed by atoms with Gasteiger partial charge in [-0.25, -0.2) is 0 Å². The number of rotatable bonds is 1. The Morgan fingerprint density at radius 1 is 1.42 bits per heavy atom. The molecule has 1 N–H and O–H groups in total. The van der Waals surface area contributed by atoms with E-state index in [0.717, 1.165) is 25.9 Å². The topological polar surface area (TPSA) is 40.5 Å². The zero-order valence-corrected chi connectivity index (χ0v) is 7.21. The van der Waals surface area contributed by atoms with Gasteiger partial charge in [-0.15, -0.1) is 0 Å². The minimum absolute atomic E-state index is 0.122. The Kier molecular flexibility index (Phi) is 1.68. The summed E-state index contributed by atoms with van der Waals surface area (Å²) >= 11 is 0. The van der Waals surface area contributed by atoms with Crippen LogP contribution in [0.4, 0.5) is 0 Å². The van der Waals surface area contributed by atoms with Gasteiger partial charge in [0.05, 0.1) is 5.92 Å². The minimum atomic E-state index is -0.632. The summed E-state index contributed by atoms with van der Waals surface area (Å²) in [4.78, 5) is 12.9. The highest BCUT2D eigenvalue weighted by molar-refractivity contribution is 5.72. The molecule has 0 saturated carbocycles. The van der Waals surface area contributed by atoms with Gasteiger partial charge >= 0.3 is 5.97 Å². The highest BCUT2D eigenvalue weighted by Gasteiger charge is 2.32. The first-order valence-electron chi connectivity index (χ1n) is 4.28. The molecule has 1 aliphatic heterocycles. The summed E-state index contributed by atoms with van der Waals surface area (Å²) in [7, 11) is 2.08. The van der Waals surface area contributed by atoms with Crippen LogP contribution in [0.25, 0.3) is 0 Å². The number of nitrogens with zero attached hydrogens (tertiary/aromatic N) is 1. The summed E-state index contributed by atoms with van der Waals surface area (Å²) in [6.45, 7) is 1.97. The number of likely N-dealkylation sites (N-methyl/N-ethyl adjacent to an activating group) is 1. The molecule has 0 atom stereocenters. The van der Waals surface area contributed by atoms with E-state index in [1.807, 2.05) is 0 Å². The molecule has 0 amide bonds. The maximum absolute atomic E-state index is 10.7. The lowest BCUT2D eigenvalue weighted by Crippen LogP contribution is -2.20. The molecule has 0 bridgehead atoms. The second-order valence-corrected chi connectivity index (χ2v) is 3.82. The van der Waals surface area contributed by atoms with Crippen LogP contribution in [0.5, 0.6) is 0 Å². The molecule has 0 aromatic heterocycles. The molecule has 2 aliphatic rings. The van der Waals surface area contributed by atoms with E-state index in [9.17, 15) is 4.79 Å². The van der Waals surface area contributed by atoms with Crippen molar-refractivity contribution in [1.82, 2.24) is 4.90 Å². The van der Waals surface area contributed by atoms with Gasteiger partial charge in [-0.1, -0.05) is 11.1 Å². The van der Waals surface area contributed by atoms with Crippen molar-refractivity contribution in [2.45, 2.75) is 12.8 Å². The Balaban J connectivity index is 2.03. The zero-order chi connectivity index (χ0) is 8.72. The van der Waals surface area contributed by atoms with Crippen LogP contribution in [0.15, 0.2) is 11.1 Å². The van der Waals surface area contributed by atoms with Gasteiger partial charge in [0.2, 0.25) is 0 Å². The van der Waals surface area contributed by atoms with Crippen molar-refractivity contribution < 1.29 is 9.90 Å². The largest absolute Gasteiger partial charge is 0.481 e. The summed E-state index contributed by atoms with van der Waals surface area (Å²) in [5.41, 5.74) is 2.76. The molecule has 3 heteroatoms. The van der Waals surface area contributed by atoms with Crippen molar-refractivity contribution in [2.24, 2.45) is 5.92 Å². The zero-order valence-electron chi connectivity index (χ0n) is 7.21. The monoisotopic (exact) mass is 167 g/mol. The van der Waals surface area contributed by atoms with Crippen LogP contribution in [0.1, 0.15) is 12.8 Å². The lowest BCUT2D eigenvalue weighted by atomic mass is 10.0. The molecule has 2 rings (SSSR count). The highest BCUT2D eigenvalue weighted by atomic mass is 16.4. The van der Waals surface area contributed by atoms with Crippen LogP contribution < -0.4 is 0 Å². The Hall–Kier alpha value is -0.830. The molecular weight excluding hydrogens is 154 g/mol. The first-order valence-corrected chi connectivity index (χ1v) is 4.28. The average molecular weight is 167 g/mol. The van der Waals surface area contributed by atoms with Gasteiger partial charge in [0.1, 0.15) is 0 Å². The van der Waals surface area contributed by atoms with Crippen LogP contribution in [0.2, 0.25) is 0 Å². The molecule has 0 saturated heterocycles. The summed E-state index contributed by atoms with van der Waals surface area (Å²) in [5, 5.41) is 8.79. The van der Waals surface area contributed by atoms with Gasteiger partial charge in [0.25, 0.3) is 0 Å². The summed E-state index contributed by atoms with van der Waals surface area (Å²) in [5.74, 6) is -0.754. The number of aliphatic carboxylic acids is 1. The number of carboxylic acids is 1. The first kappa shape index (κ1) is 7.80. The molecule has 66 valence electrons. The molecule has 0 aromatic rings. The molecule has 0 spiro atoms. The van der Waals surface area contributed by atoms with E-state index in [1.54, 1.807) is 0 Å². The van der Waals surface area contributed by atoms with Gasteiger partial charge in [0.15, 0.2) is 0 Å². The van der Waals surface area contributed by atoms with E-state index in [-0.39, 0.29) is 5.92 Å². The fraction of sp³-hybridized carbons (Fsp3) is 0.667. The van der Waals surface area contributed by atoms with E-state index in [1.165, 1.54) is 11.1 Å². The molecule has 0 fully saturated rings. The molecule has 3 nitrogen and oxygen atoms in total. The van der Waals surface area contributed by atoms with Gasteiger partial charge in [-0.05, 0) is 19.9 Å². The SMILES string of the molecule is CN1CC2=C(CC(C(=O)O)C2)C1. The Labute approximate surface area is 71.7 Å². The van der Waals surface area contributed by atoms with Crippen LogP contribution in [-0.2, 0) is 4.79 Å². The molecule has 0 unspecified atom stereocenters. The number of hydrogen-bond donors (Lipinski definition) is 1. The van der Waals surface area contributed by atoms with Crippen molar-refractivity contribution in [3.8, 4) is 0 Å². The van der Waals surface area contributed by atoms with E-state index < -0.39 is 5.97 Å². The summed E-state index contributed by atoms with van der Waals surface area (Å²) < 4.78 is 0. The van der Waals surface area contributed by atoms with Crippen molar-refractivity contribution >= 4 is 5.97 Å². The Bertz CT molecular complexity index is 239. The van der Waals surface area contributed by atoms with E-state index >= 15 is 0 Å². The second kappa shape index (κ2) is 2.59. The van der Waals surface area contributed by atoms with Gasteiger partial charge in [-0.2, -0.15) is 0 Å². The van der Waals surface area contributed by atoms with Crippen LogP contribution >= 0.6 is 0 Å². The second-order valence-electron chi connectivity index (χ2n) is 3.82. The maximum atomic E-state index is 10.7. The molecular formula is C9H13NO2. The molecule has 0 radical (unpaired) electrons. The average Bonchev–Trinajstić information content (AvgIpc) is 2.42. The minimum Gasteiger partial charge on any atom is -0.481 e. The normalized spacial score (nSPS) is 25.1. The lowest BCUT2D eigenvalue weighted by molar-refractivity contribution is -0.141. The molecule has 1 heterocycles. The third kappa shape index (κ3) is 1.14. The third-order valence-electron chi connectivity index (χ3n) is 2.76. The predicted octanol–water partition coefficient (Wildman–Crippen LogP) is 0.723.